The van der Waals surface area contributed by atoms with Crippen molar-refractivity contribution in [1.29, 1.82) is 0 Å². The number of sulfone groups is 1. The van der Waals surface area contributed by atoms with Crippen LogP contribution in [0.4, 0.5) is 0 Å². The lowest BCUT2D eigenvalue weighted by Gasteiger charge is -2.37. The molecule has 4 nitrogen and oxygen atoms in total. The minimum Gasteiger partial charge on any atom is -0.341 e. The second-order valence-corrected chi connectivity index (χ2v) is 9.89. The van der Waals surface area contributed by atoms with Gasteiger partial charge in [0.15, 0.2) is 9.84 Å². The summed E-state index contributed by atoms with van der Waals surface area (Å²) in [5.74, 6) is 0.537. The van der Waals surface area contributed by atoms with E-state index in [1.807, 2.05) is 0 Å². The maximum absolute atomic E-state index is 12.6. The topological polar surface area (TPSA) is 54.5 Å². The van der Waals surface area contributed by atoms with Crippen molar-refractivity contribution >= 4 is 15.7 Å². The molecule has 0 bridgehead atoms. The maximum atomic E-state index is 12.6. The van der Waals surface area contributed by atoms with E-state index in [2.05, 4.69) is 38.1 Å². The second-order valence-electron chi connectivity index (χ2n) is 7.62. The molecular formula is C20H31NO3S. The largest absolute Gasteiger partial charge is 0.341 e. The van der Waals surface area contributed by atoms with E-state index in [9.17, 15) is 13.2 Å². The molecule has 140 valence electrons. The Balaban J connectivity index is 1.97. The van der Waals surface area contributed by atoms with Gasteiger partial charge in [-0.25, -0.2) is 8.42 Å². The first-order chi connectivity index (χ1) is 11.7. The van der Waals surface area contributed by atoms with Gasteiger partial charge >= 0.3 is 0 Å². The third kappa shape index (κ3) is 5.30. The lowest BCUT2D eigenvalue weighted by Crippen LogP contribution is -2.49. The summed E-state index contributed by atoms with van der Waals surface area (Å²) in [5.41, 5.74) is 2.44. The fourth-order valence-corrected chi connectivity index (χ4v) is 5.19. The van der Waals surface area contributed by atoms with Crippen LogP contribution in [0.15, 0.2) is 24.3 Å². The van der Waals surface area contributed by atoms with Crippen molar-refractivity contribution in [2.75, 3.05) is 13.3 Å². The molecule has 0 aromatic heterocycles. The highest BCUT2D eigenvalue weighted by molar-refractivity contribution is 7.91. The number of aryl methyl sites for hydroxylation is 1. The van der Waals surface area contributed by atoms with Gasteiger partial charge in [0.1, 0.15) is 0 Å². The molecule has 1 fully saturated rings. The van der Waals surface area contributed by atoms with Gasteiger partial charge in [0.05, 0.1) is 5.25 Å². The summed E-state index contributed by atoms with van der Waals surface area (Å²) in [6.07, 6.45) is 5.77. The van der Waals surface area contributed by atoms with Gasteiger partial charge in [0, 0.05) is 25.8 Å². The van der Waals surface area contributed by atoms with Gasteiger partial charge in [0.2, 0.25) is 5.91 Å². The highest BCUT2D eigenvalue weighted by atomic mass is 32.2. The Labute approximate surface area is 152 Å². The average Bonchev–Trinajstić information content (AvgIpc) is 2.58. The Kier molecular flexibility index (Phi) is 6.66. The predicted octanol–water partition coefficient (Wildman–Crippen LogP) is 3.56. The van der Waals surface area contributed by atoms with Gasteiger partial charge in [-0.15, -0.1) is 0 Å². The van der Waals surface area contributed by atoms with Gasteiger partial charge in [0.25, 0.3) is 0 Å². The van der Waals surface area contributed by atoms with Crippen molar-refractivity contribution in [1.82, 2.24) is 4.90 Å². The van der Waals surface area contributed by atoms with Crippen LogP contribution in [0.3, 0.4) is 0 Å². The quantitative estimate of drug-likeness (QED) is 0.774. The first-order valence-corrected chi connectivity index (χ1v) is 11.2. The minimum atomic E-state index is -3.13. The molecule has 0 aliphatic heterocycles. The van der Waals surface area contributed by atoms with E-state index in [-0.39, 0.29) is 11.9 Å². The molecule has 1 amide bonds. The van der Waals surface area contributed by atoms with Crippen molar-refractivity contribution in [2.24, 2.45) is 0 Å². The molecule has 0 N–H and O–H groups in total. The molecule has 1 aliphatic carbocycles. The molecule has 25 heavy (non-hydrogen) atoms. The van der Waals surface area contributed by atoms with Crippen molar-refractivity contribution in [3.63, 3.8) is 0 Å². The van der Waals surface area contributed by atoms with Crippen molar-refractivity contribution < 1.29 is 13.2 Å². The molecule has 1 saturated carbocycles. The normalized spacial score (nSPS) is 21.3. The van der Waals surface area contributed by atoms with Crippen LogP contribution in [0.5, 0.6) is 0 Å². The molecule has 0 unspecified atom stereocenters. The van der Waals surface area contributed by atoms with Crippen LogP contribution in [0.2, 0.25) is 0 Å². The van der Waals surface area contributed by atoms with E-state index in [0.29, 0.717) is 25.2 Å². The third-order valence-corrected chi connectivity index (χ3v) is 7.03. The summed E-state index contributed by atoms with van der Waals surface area (Å²) in [6, 6.07) is 8.23. The van der Waals surface area contributed by atoms with Gasteiger partial charge < -0.3 is 4.90 Å². The number of benzene rings is 1. The van der Waals surface area contributed by atoms with Crippen LogP contribution < -0.4 is 0 Å². The first kappa shape index (κ1) is 20.0. The van der Waals surface area contributed by atoms with Crippen LogP contribution in [-0.2, 0) is 21.1 Å². The van der Waals surface area contributed by atoms with Crippen LogP contribution in [0.1, 0.15) is 63.0 Å². The Morgan fingerprint density at radius 1 is 1.16 bits per heavy atom. The molecule has 2 rings (SSSR count). The number of carbonyl (C=O) groups is 1. The zero-order valence-electron chi connectivity index (χ0n) is 15.9. The molecule has 0 spiro atoms. The van der Waals surface area contributed by atoms with Crippen molar-refractivity contribution in [3.8, 4) is 0 Å². The fraction of sp³-hybridized carbons (Fsp3) is 0.650. The second kappa shape index (κ2) is 8.35. The van der Waals surface area contributed by atoms with Gasteiger partial charge in [-0.05, 0) is 36.3 Å². The number of hydrogen-bond acceptors (Lipinski definition) is 3. The van der Waals surface area contributed by atoms with Gasteiger partial charge in [-0.1, -0.05) is 51.0 Å². The molecule has 1 aliphatic rings. The average molecular weight is 366 g/mol. The van der Waals surface area contributed by atoms with E-state index in [0.717, 1.165) is 24.8 Å². The lowest BCUT2D eigenvalue weighted by molar-refractivity contribution is -0.132. The molecular weight excluding hydrogens is 334 g/mol. The highest BCUT2D eigenvalue weighted by Gasteiger charge is 2.36. The maximum Gasteiger partial charge on any atom is 0.222 e. The minimum absolute atomic E-state index is 0.0356. The molecule has 0 heterocycles. The summed E-state index contributed by atoms with van der Waals surface area (Å²) in [5, 5.41) is -0.416. The fourth-order valence-electron chi connectivity index (χ4n) is 3.70. The summed E-state index contributed by atoms with van der Waals surface area (Å²) >= 11 is 0. The SMILES string of the molecule is CC(C)c1ccc(CCC(=O)N(C)[C@H]2CCCC[C@H]2S(C)(=O)=O)cc1. The Morgan fingerprint density at radius 2 is 1.76 bits per heavy atom. The zero-order chi connectivity index (χ0) is 18.6. The smallest absolute Gasteiger partial charge is 0.222 e. The van der Waals surface area contributed by atoms with E-state index in [1.54, 1.807) is 11.9 Å². The number of nitrogens with zero attached hydrogens (tertiary/aromatic N) is 1. The molecule has 1 aromatic carbocycles. The Bertz CT molecular complexity index is 679. The molecule has 0 saturated heterocycles. The summed E-state index contributed by atoms with van der Waals surface area (Å²) in [6.45, 7) is 4.33. The van der Waals surface area contributed by atoms with E-state index >= 15 is 0 Å². The van der Waals surface area contributed by atoms with E-state index < -0.39 is 15.1 Å². The van der Waals surface area contributed by atoms with E-state index in [4.69, 9.17) is 0 Å². The Hall–Kier alpha value is -1.36. The molecule has 5 heteroatoms. The molecule has 1 aromatic rings. The van der Waals surface area contributed by atoms with Gasteiger partial charge in [-0.3, -0.25) is 4.79 Å². The summed E-state index contributed by atoms with van der Waals surface area (Å²) < 4.78 is 24.1. The predicted molar refractivity (Wildman–Crippen MR) is 103 cm³/mol. The summed E-state index contributed by atoms with van der Waals surface area (Å²) in [4.78, 5) is 14.3. The van der Waals surface area contributed by atoms with Crippen LogP contribution in [0.25, 0.3) is 0 Å². The van der Waals surface area contributed by atoms with Crippen LogP contribution in [0, 0.1) is 0 Å². The standard InChI is InChI=1S/C20H31NO3S/c1-15(2)17-12-9-16(10-13-17)11-14-20(22)21(3)18-7-5-6-8-19(18)25(4,23)24/h9-10,12-13,15,18-19H,5-8,11,14H2,1-4H3/t18-,19+/m0/s1. The lowest BCUT2D eigenvalue weighted by atomic mass is 9.93. The van der Waals surface area contributed by atoms with Crippen molar-refractivity contribution in [2.45, 2.75) is 69.6 Å². The number of amides is 1. The number of carbonyl (C=O) groups excluding carboxylic acids is 1. The number of rotatable bonds is 6. The van der Waals surface area contributed by atoms with E-state index in [1.165, 1.54) is 11.8 Å². The van der Waals surface area contributed by atoms with Crippen LogP contribution >= 0.6 is 0 Å². The van der Waals surface area contributed by atoms with Crippen molar-refractivity contribution in [3.05, 3.63) is 35.4 Å². The zero-order valence-corrected chi connectivity index (χ0v) is 16.7. The monoisotopic (exact) mass is 365 g/mol. The highest BCUT2D eigenvalue weighted by Crippen LogP contribution is 2.28. The molecule has 2 atom stereocenters. The summed E-state index contributed by atoms with van der Waals surface area (Å²) in [7, 11) is -1.37. The third-order valence-electron chi connectivity index (χ3n) is 5.38. The molecule has 0 radical (unpaired) electrons. The van der Waals surface area contributed by atoms with Gasteiger partial charge in [-0.2, -0.15) is 0 Å². The first-order valence-electron chi connectivity index (χ1n) is 9.23. The van der Waals surface area contributed by atoms with Crippen LogP contribution in [-0.4, -0.2) is 43.8 Å². The number of hydrogen-bond donors (Lipinski definition) is 0. The Morgan fingerprint density at radius 3 is 2.32 bits per heavy atom.